The van der Waals surface area contributed by atoms with Gasteiger partial charge in [0.25, 0.3) is 5.91 Å². The minimum atomic E-state index is 0. The zero-order valence-corrected chi connectivity index (χ0v) is 15.8. The number of piperidine rings is 1. The van der Waals surface area contributed by atoms with Crippen LogP contribution >= 0.6 is 12.4 Å². The lowest BCUT2D eigenvalue weighted by Gasteiger charge is -2.31. The van der Waals surface area contributed by atoms with Crippen LogP contribution in [0.25, 0.3) is 0 Å². The number of nitrogens with one attached hydrogen (secondary N) is 1. The van der Waals surface area contributed by atoms with Gasteiger partial charge in [-0.2, -0.15) is 5.10 Å². The number of amides is 1. The number of hydrogen-bond acceptors (Lipinski definition) is 3. The maximum Gasteiger partial charge on any atom is 0.257 e. The molecule has 6 heteroatoms. The van der Waals surface area contributed by atoms with Crippen LogP contribution in [-0.2, 0) is 13.0 Å². The molecule has 0 unspecified atom stereocenters. The van der Waals surface area contributed by atoms with E-state index >= 15 is 0 Å². The van der Waals surface area contributed by atoms with E-state index in [0.717, 1.165) is 43.6 Å². The van der Waals surface area contributed by atoms with Crippen molar-refractivity contribution in [2.75, 3.05) is 20.1 Å². The number of rotatable bonds is 5. The highest BCUT2D eigenvalue weighted by Gasteiger charge is 2.25. The number of nitrogens with zero attached hydrogens (tertiary/aromatic N) is 3. The molecule has 136 valence electrons. The van der Waals surface area contributed by atoms with E-state index in [1.165, 1.54) is 5.56 Å². The van der Waals surface area contributed by atoms with Gasteiger partial charge in [0.1, 0.15) is 0 Å². The van der Waals surface area contributed by atoms with Crippen molar-refractivity contribution in [2.45, 2.75) is 38.8 Å². The summed E-state index contributed by atoms with van der Waals surface area (Å²) in [6.45, 7) is 4.43. The lowest BCUT2D eigenvalue weighted by atomic mass is 10.0. The number of carbonyl (C=O) groups is 1. The third-order valence-electron chi connectivity index (χ3n) is 4.88. The molecule has 0 radical (unpaired) electrons. The SMILES string of the molecule is CCc1c(C(=O)N2CCC(NC)CC2)cnn1Cc1ccccc1.Cl. The van der Waals surface area contributed by atoms with Gasteiger partial charge in [0.15, 0.2) is 0 Å². The molecular formula is C19H27ClN4O. The van der Waals surface area contributed by atoms with Gasteiger partial charge in [0.05, 0.1) is 24.0 Å². The van der Waals surface area contributed by atoms with Crippen LogP contribution in [0.5, 0.6) is 0 Å². The van der Waals surface area contributed by atoms with Crippen LogP contribution < -0.4 is 5.32 Å². The second-order valence-corrected chi connectivity index (χ2v) is 6.36. The van der Waals surface area contributed by atoms with E-state index in [1.54, 1.807) is 6.20 Å². The van der Waals surface area contributed by atoms with Gasteiger partial charge in [-0.25, -0.2) is 0 Å². The van der Waals surface area contributed by atoms with Gasteiger partial charge in [-0.05, 0) is 31.9 Å². The number of hydrogen-bond donors (Lipinski definition) is 1. The van der Waals surface area contributed by atoms with Crippen molar-refractivity contribution >= 4 is 18.3 Å². The molecule has 1 fully saturated rings. The fourth-order valence-electron chi connectivity index (χ4n) is 3.40. The summed E-state index contributed by atoms with van der Waals surface area (Å²) >= 11 is 0. The first kappa shape index (κ1) is 19.5. The molecule has 2 aromatic rings. The molecule has 1 amide bonds. The van der Waals surface area contributed by atoms with Gasteiger partial charge in [0, 0.05) is 19.1 Å². The molecule has 0 saturated carbocycles. The Morgan fingerprint density at radius 2 is 1.92 bits per heavy atom. The summed E-state index contributed by atoms with van der Waals surface area (Å²) in [5, 5.41) is 7.79. The predicted molar refractivity (Wildman–Crippen MR) is 102 cm³/mol. The highest BCUT2D eigenvalue weighted by molar-refractivity contribution is 5.95. The highest BCUT2D eigenvalue weighted by atomic mass is 35.5. The van der Waals surface area contributed by atoms with Crippen LogP contribution in [0.15, 0.2) is 36.5 Å². The molecule has 2 heterocycles. The van der Waals surface area contributed by atoms with E-state index < -0.39 is 0 Å². The molecule has 3 rings (SSSR count). The van der Waals surface area contributed by atoms with E-state index in [0.29, 0.717) is 12.6 Å². The number of carbonyl (C=O) groups excluding carboxylic acids is 1. The summed E-state index contributed by atoms with van der Waals surface area (Å²) in [5.41, 5.74) is 2.99. The van der Waals surface area contributed by atoms with E-state index in [1.807, 2.05) is 34.8 Å². The fourth-order valence-corrected chi connectivity index (χ4v) is 3.40. The maximum absolute atomic E-state index is 12.9. The van der Waals surface area contributed by atoms with Gasteiger partial charge in [0.2, 0.25) is 0 Å². The molecule has 1 saturated heterocycles. The summed E-state index contributed by atoms with van der Waals surface area (Å²) in [6, 6.07) is 10.8. The molecule has 1 aliphatic rings. The van der Waals surface area contributed by atoms with Gasteiger partial charge in [-0.1, -0.05) is 37.3 Å². The van der Waals surface area contributed by atoms with Crippen molar-refractivity contribution in [1.29, 1.82) is 0 Å². The average Bonchev–Trinajstić information content (AvgIpc) is 3.04. The lowest BCUT2D eigenvalue weighted by Crippen LogP contribution is -2.44. The Morgan fingerprint density at radius 1 is 1.24 bits per heavy atom. The molecule has 25 heavy (non-hydrogen) atoms. The normalized spacial score (nSPS) is 15.0. The van der Waals surface area contributed by atoms with Crippen LogP contribution in [0.4, 0.5) is 0 Å². The summed E-state index contributed by atoms with van der Waals surface area (Å²) < 4.78 is 1.96. The summed E-state index contributed by atoms with van der Waals surface area (Å²) in [7, 11) is 1.99. The van der Waals surface area contributed by atoms with E-state index in [2.05, 4.69) is 29.5 Å². The standard InChI is InChI=1S/C19H26N4O.ClH/c1-3-18-17(19(24)22-11-9-16(20-2)10-12-22)13-21-23(18)14-15-7-5-4-6-8-15;/h4-8,13,16,20H,3,9-12,14H2,1-2H3;1H. The molecule has 1 aromatic heterocycles. The van der Waals surface area contributed by atoms with Gasteiger partial charge >= 0.3 is 0 Å². The Bertz CT molecular complexity index is 678. The topological polar surface area (TPSA) is 50.2 Å². The van der Waals surface area contributed by atoms with Crippen molar-refractivity contribution < 1.29 is 4.79 Å². The Labute approximate surface area is 155 Å². The van der Waals surface area contributed by atoms with Crippen molar-refractivity contribution in [3.05, 3.63) is 53.3 Å². The number of aromatic nitrogens is 2. The Hall–Kier alpha value is -1.85. The molecule has 1 aliphatic heterocycles. The Balaban J connectivity index is 0.00000225. The predicted octanol–water partition coefficient (Wildman–Crippen LogP) is 2.74. The van der Waals surface area contributed by atoms with E-state index in [-0.39, 0.29) is 18.3 Å². The summed E-state index contributed by atoms with van der Waals surface area (Å²) in [6.07, 6.45) is 4.58. The first-order chi connectivity index (χ1) is 11.7. The van der Waals surface area contributed by atoms with Crippen LogP contribution in [0.3, 0.4) is 0 Å². The number of halogens is 1. The number of likely N-dealkylation sites (tertiary alicyclic amines) is 1. The quantitative estimate of drug-likeness (QED) is 0.889. The van der Waals surface area contributed by atoms with Gasteiger partial charge in [-0.3, -0.25) is 9.48 Å². The van der Waals surface area contributed by atoms with E-state index in [9.17, 15) is 4.79 Å². The molecule has 0 bridgehead atoms. The number of benzene rings is 1. The van der Waals surface area contributed by atoms with Crippen LogP contribution in [0.2, 0.25) is 0 Å². The third kappa shape index (κ3) is 4.41. The van der Waals surface area contributed by atoms with Crippen LogP contribution in [0, 0.1) is 0 Å². The molecule has 0 aliphatic carbocycles. The largest absolute Gasteiger partial charge is 0.338 e. The Kier molecular flexibility index (Phi) is 7.02. The molecule has 0 atom stereocenters. The first-order valence-electron chi connectivity index (χ1n) is 8.78. The third-order valence-corrected chi connectivity index (χ3v) is 4.88. The van der Waals surface area contributed by atoms with Gasteiger partial charge < -0.3 is 10.2 Å². The minimum Gasteiger partial charge on any atom is -0.338 e. The second kappa shape index (κ2) is 9.02. The summed E-state index contributed by atoms with van der Waals surface area (Å²) in [4.78, 5) is 14.9. The molecule has 5 nitrogen and oxygen atoms in total. The summed E-state index contributed by atoms with van der Waals surface area (Å²) in [5.74, 6) is 0.126. The Morgan fingerprint density at radius 3 is 2.52 bits per heavy atom. The first-order valence-corrected chi connectivity index (χ1v) is 8.78. The molecule has 0 spiro atoms. The van der Waals surface area contributed by atoms with Crippen molar-refractivity contribution in [3.8, 4) is 0 Å². The van der Waals surface area contributed by atoms with Crippen LogP contribution in [-0.4, -0.2) is 46.8 Å². The average molecular weight is 363 g/mol. The van der Waals surface area contributed by atoms with Crippen molar-refractivity contribution in [2.24, 2.45) is 0 Å². The molecular weight excluding hydrogens is 336 g/mol. The van der Waals surface area contributed by atoms with Gasteiger partial charge in [-0.15, -0.1) is 12.4 Å². The zero-order chi connectivity index (χ0) is 16.9. The fraction of sp³-hybridized carbons (Fsp3) is 0.474. The zero-order valence-electron chi connectivity index (χ0n) is 14.9. The molecule has 1 aromatic carbocycles. The van der Waals surface area contributed by atoms with Crippen molar-refractivity contribution in [3.63, 3.8) is 0 Å². The lowest BCUT2D eigenvalue weighted by molar-refractivity contribution is 0.0706. The van der Waals surface area contributed by atoms with Crippen molar-refractivity contribution in [1.82, 2.24) is 20.0 Å². The minimum absolute atomic E-state index is 0. The second-order valence-electron chi connectivity index (χ2n) is 6.36. The highest BCUT2D eigenvalue weighted by Crippen LogP contribution is 2.18. The maximum atomic E-state index is 12.9. The smallest absolute Gasteiger partial charge is 0.257 e. The van der Waals surface area contributed by atoms with Crippen LogP contribution in [0.1, 0.15) is 41.4 Å². The van der Waals surface area contributed by atoms with E-state index in [4.69, 9.17) is 0 Å². The molecule has 1 N–H and O–H groups in total. The monoisotopic (exact) mass is 362 g/mol.